The topological polar surface area (TPSA) is 59.2 Å². The number of aromatic nitrogens is 1. The van der Waals surface area contributed by atoms with E-state index < -0.39 is 0 Å². The van der Waals surface area contributed by atoms with Crippen LogP contribution in [0.4, 0.5) is 5.82 Å². The van der Waals surface area contributed by atoms with Crippen molar-refractivity contribution < 1.29 is 4.79 Å². The lowest BCUT2D eigenvalue weighted by Crippen LogP contribution is -2.19. The molecule has 4 heteroatoms. The second kappa shape index (κ2) is 5.07. The molecule has 16 heavy (non-hydrogen) atoms. The molecule has 86 valence electrons. The fourth-order valence-corrected chi connectivity index (χ4v) is 1.96. The number of anilines is 1. The maximum atomic E-state index is 11.5. The Balaban J connectivity index is 2.06. The molecule has 2 N–H and O–H groups in total. The third-order valence-electron chi connectivity index (χ3n) is 2.87. The average Bonchev–Trinajstić information content (AvgIpc) is 2.83. The molecule has 1 saturated heterocycles. The van der Waals surface area contributed by atoms with Gasteiger partial charge in [-0.1, -0.05) is 0 Å². The van der Waals surface area contributed by atoms with E-state index in [4.69, 9.17) is 5.73 Å². The minimum Gasteiger partial charge on any atom is -0.357 e. The number of pyridine rings is 1. The molecule has 0 bridgehead atoms. The molecular formula is C12H17N3O. The summed E-state index contributed by atoms with van der Waals surface area (Å²) < 4.78 is 0. The summed E-state index contributed by atoms with van der Waals surface area (Å²) in [5.41, 5.74) is 6.01. The van der Waals surface area contributed by atoms with Crippen molar-refractivity contribution in [2.24, 2.45) is 5.73 Å². The number of ketones is 1. The number of nitrogens with two attached hydrogens (primary N) is 1. The molecule has 2 rings (SSSR count). The van der Waals surface area contributed by atoms with Crippen LogP contribution in [0.2, 0.25) is 0 Å². The van der Waals surface area contributed by atoms with Gasteiger partial charge in [0, 0.05) is 31.3 Å². The van der Waals surface area contributed by atoms with Gasteiger partial charge < -0.3 is 10.6 Å². The Kier molecular flexibility index (Phi) is 3.51. The van der Waals surface area contributed by atoms with Crippen LogP contribution in [0.25, 0.3) is 0 Å². The second-order valence-corrected chi connectivity index (χ2v) is 4.06. The molecule has 0 unspecified atom stereocenters. The SMILES string of the molecule is NCCC(=O)c1ccc(N2CCCC2)nc1. The molecule has 2 heterocycles. The third-order valence-corrected chi connectivity index (χ3v) is 2.87. The number of rotatable bonds is 4. The summed E-state index contributed by atoms with van der Waals surface area (Å²) in [6.07, 6.45) is 4.52. The molecular weight excluding hydrogens is 202 g/mol. The van der Waals surface area contributed by atoms with E-state index in [0.717, 1.165) is 18.9 Å². The molecule has 1 aliphatic heterocycles. The first-order chi connectivity index (χ1) is 7.81. The maximum absolute atomic E-state index is 11.5. The molecule has 0 aliphatic carbocycles. The Labute approximate surface area is 95.5 Å². The first kappa shape index (κ1) is 11.1. The lowest BCUT2D eigenvalue weighted by Gasteiger charge is -2.15. The zero-order valence-corrected chi connectivity index (χ0v) is 9.35. The molecule has 0 atom stereocenters. The van der Waals surface area contributed by atoms with E-state index in [1.165, 1.54) is 12.8 Å². The summed E-state index contributed by atoms with van der Waals surface area (Å²) in [7, 11) is 0. The van der Waals surface area contributed by atoms with E-state index in [1.54, 1.807) is 6.20 Å². The van der Waals surface area contributed by atoms with Crippen molar-refractivity contribution in [3.05, 3.63) is 23.9 Å². The predicted molar refractivity (Wildman–Crippen MR) is 63.7 cm³/mol. The van der Waals surface area contributed by atoms with E-state index >= 15 is 0 Å². The van der Waals surface area contributed by atoms with Gasteiger partial charge in [-0.05, 0) is 31.5 Å². The number of hydrogen-bond acceptors (Lipinski definition) is 4. The van der Waals surface area contributed by atoms with Crippen LogP contribution in [0.1, 0.15) is 29.6 Å². The number of carbonyl (C=O) groups excluding carboxylic acids is 1. The van der Waals surface area contributed by atoms with Crippen molar-refractivity contribution >= 4 is 11.6 Å². The highest BCUT2D eigenvalue weighted by Gasteiger charge is 2.13. The van der Waals surface area contributed by atoms with Crippen molar-refractivity contribution in [2.45, 2.75) is 19.3 Å². The summed E-state index contributed by atoms with van der Waals surface area (Å²) in [4.78, 5) is 18.1. The summed E-state index contributed by atoms with van der Waals surface area (Å²) in [6.45, 7) is 2.54. The summed E-state index contributed by atoms with van der Waals surface area (Å²) in [5.74, 6) is 1.05. The van der Waals surface area contributed by atoms with Crippen molar-refractivity contribution in [3.63, 3.8) is 0 Å². The monoisotopic (exact) mass is 219 g/mol. The molecule has 0 amide bonds. The average molecular weight is 219 g/mol. The lowest BCUT2D eigenvalue weighted by molar-refractivity contribution is 0.0985. The van der Waals surface area contributed by atoms with Crippen molar-refractivity contribution in [2.75, 3.05) is 24.5 Å². The summed E-state index contributed by atoms with van der Waals surface area (Å²) >= 11 is 0. The molecule has 1 aromatic heterocycles. The van der Waals surface area contributed by atoms with Crippen LogP contribution in [-0.2, 0) is 0 Å². The minimum absolute atomic E-state index is 0.0722. The molecule has 4 nitrogen and oxygen atoms in total. The Morgan fingerprint density at radius 1 is 1.38 bits per heavy atom. The van der Waals surface area contributed by atoms with Gasteiger partial charge in [-0.2, -0.15) is 0 Å². The Morgan fingerprint density at radius 3 is 2.69 bits per heavy atom. The van der Waals surface area contributed by atoms with Crippen LogP contribution < -0.4 is 10.6 Å². The van der Waals surface area contributed by atoms with Gasteiger partial charge in [0.15, 0.2) is 5.78 Å². The van der Waals surface area contributed by atoms with Gasteiger partial charge in [0.1, 0.15) is 5.82 Å². The Bertz CT molecular complexity index is 355. The van der Waals surface area contributed by atoms with E-state index in [2.05, 4.69) is 9.88 Å². The fraction of sp³-hybridized carbons (Fsp3) is 0.500. The number of carbonyl (C=O) groups is 1. The van der Waals surface area contributed by atoms with Gasteiger partial charge in [-0.15, -0.1) is 0 Å². The van der Waals surface area contributed by atoms with Gasteiger partial charge in [0.05, 0.1) is 0 Å². The maximum Gasteiger partial charge on any atom is 0.165 e. The smallest absolute Gasteiger partial charge is 0.165 e. The highest BCUT2D eigenvalue weighted by atomic mass is 16.1. The van der Waals surface area contributed by atoms with Crippen molar-refractivity contribution in [3.8, 4) is 0 Å². The van der Waals surface area contributed by atoms with Crippen LogP contribution in [0, 0.1) is 0 Å². The van der Waals surface area contributed by atoms with Gasteiger partial charge in [0.25, 0.3) is 0 Å². The quantitative estimate of drug-likeness (QED) is 0.773. The predicted octanol–water partition coefficient (Wildman–Crippen LogP) is 1.21. The van der Waals surface area contributed by atoms with E-state index in [-0.39, 0.29) is 5.78 Å². The second-order valence-electron chi connectivity index (χ2n) is 4.06. The zero-order chi connectivity index (χ0) is 11.4. The molecule has 1 aromatic rings. The highest BCUT2D eigenvalue weighted by Crippen LogP contribution is 2.17. The number of hydrogen-bond donors (Lipinski definition) is 1. The Hall–Kier alpha value is -1.42. The molecule has 1 fully saturated rings. The fourth-order valence-electron chi connectivity index (χ4n) is 1.96. The number of nitrogens with zero attached hydrogens (tertiary/aromatic N) is 2. The van der Waals surface area contributed by atoms with Gasteiger partial charge in [-0.3, -0.25) is 4.79 Å². The van der Waals surface area contributed by atoms with E-state index in [0.29, 0.717) is 18.5 Å². The molecule has 0 aromatic carbocycles. The lowest BCUT2D eigenvalue weighted by atomic mass is 10.1. The van der Waals surface area contributed by atoms with Crippen LogP contribution in [0.5, 0.6) is 0 Å². The zero-order valence-electron chi connectivity index (χ0n) is 9.35. The Morgan fingerprint density at radius 2 is 2.12 bits per heavy atom. The van der Waals surface area contributed by atoms with Crippen LogP contribution in [0.15, 0.2) is 18.3 Å². The first-order valence-electron chi connectivity index (χ1n) is 5.75. The van der Waals surface area contributed by atoms with Gasteiger partial charge >= 0.3 is 0 Å². The molecule has 0 radical (unpaired) electrons. The van der Waals surface area contributed by atoms with E-state index in [1.807, 2.05) is 12.1 Å². The first-order valence-corrected chi connectivity index (χ1v) is 5.75. The highest BCUT2D eigenvalue weighted by molar-refractivity contribution is 5.96. The van der Waals surface area contributed by atoms with Crippen LogP contribution in [-0.4, -0.2) is 30.4 Å². The summed E-state index contributed by atoms with van der Waals surface area (Å²) in [5, 5.41) is 0. The minimum atomic E-state index is 0.0722. The van der Waals surface area contributed by atoms with Gasteiger partial charge in [-0.25, -0.2) is 4.98 Å². The largest absolute Gasteiger partial charge is 0.357 e. The van der Waals surface area contributed by atoms with Crippen molar-refractivity contribution in [1.82, 2.24) is 4.98 Å². The molecule has 1 aliphatic rings. The normalized spacial score (nSPS) is 15.4. The molecule has 0 saturated carbocycles. The van der Waals surface area contributed by atoms with Gasteiger partial charge in [0.2, 0.25) is 0 Å². The third kappa shape index (κ3) is 2.39. The van der Waals surface area contributed by atoms with Crippen LogP contribution >= 0.6 is 0 Å². The van der Waals surface area contributed by atoms with Crippen LogP contribution in [0.3, 0.4) is 0 Å². The molecule has 0 spiro atoms. The summed E-state index contributed by atoms with van der Waals surface area (Å²) in [6, 6.07) is 3.77. The number of Topliss-reactive ketones (excluding diaryl/α,β-unsaturated/α-hetero) is 1. The van der Waals surface area contributed by atoms with E-state index in [9.17, 15) is 4.79 Å². The van der Waals surface area contributed by atoms with Crippen molar-refractivity contribution in [1.29, 1.82) is 0 Å². The standard InChI is InChI=1S/C12H17N3O/c13-6-5-11(16)10-3-4-12(14-9-10)15-7-1-2-8-15/h3-4,9H,1-2,5-8,13H2.